The minimum absolute atomic E-state index is 0.0572. The van der Waals surface area contributed by atoms with Gasteiger partial charge in [-0.2, -0.15) is 0 Å². The van der Waals surface area contributed by atoms with Gasteiger partial charge < -0.3 is 5.32 Å². The van der Waals surface area contributed by atoms with Crippen LogP contribution in [0.25, 0.3) is 10.4 Å². The Morgan fingerprint density at radius 1 is 1.12 bits per heavy atom. The van der Waals surface area contributed by atoms with Crippen LogP contribution in [0.5, 0.6) is 0 Å². The molecule has 0 saturated heterocycles. The van der Waals surface area contributed by atoms with E-state index in [4.69, 9.17) is 0 Å². The zero-order valence-electron chi connectivity index (χ0n) is 13.3. The third kappa shape index (κ3) is 4.06. The summed E-state index contributed by atoms with van der Waals surface area (Å²) in [4.78, 5) is 17.5. The molecular formula is C19H17FN2OS. The fourth-order valence-electron chi connectivity index (χ4n) is 2.39. The number of hydrogen-bond donors (Lipinski definition) is 1. The zero-order valence-corrected chi connectivity index (χ0v) is 14.1. The standard InChI is InChI=1S/C19H17FN2OS/c1-13-19(15-7-9-16(20)10-8-15)24-18(22-13)11-17(23)21-12-14-5-3-2-4-6-14/h2-10H,11-12H2,1H3,(H,21,23). The number of aryl methyl sites for hydroxylation is 1. The number of halogens is 1. The second kappa shape index (κ2) is 7.36. The molecule has 2 aromatic carbocycles. The Morgan fingerprint density at radius 2 is 1.83 bits per heavy atom. The maximum atomic E-state index is 13.0. The number of hydrogen-bond acceptors (Lipinski definition) is 3. The van der Waals surface area contributed by atoms with Crippen LogP contribution in [0.15, 0.2) is 54.6 Å². The van der Waals surface area contributed by atoms with Crippen LogP contribution in [0.2, 0.25) is 0 Å². The first-order valence-electron chi connectivity index (χ1n) is 7.64. The van der Waals surface area contributed by atoms with Crippen molar-refractivity contribution in [3.63, 3.8) is 0 Å². The summed E-state index contributed by atoms with van der Waals surface area (Å²) < 4.78 is 13.0. The first-order chi connectivity index (χ1) is 11.6. The lowest BCUT2D eigenvalue weighted by Gasteiger charge is -2.03. The molecule has 1 heterocycles. The lowest BCUT2D eigenvalue weighted by Crippen LogP contribution is -2.24. The summed E-state index contributed by atoms with van der Waals surface area (Å²) in [5.74, 6) is -0.320. The van der Waals surface area contributed by atoms with Crippen LogP contribution >= 0.6 is 11.3 Å². The largest absolute Gasteiger partial charge is 0.352 e. The van der Waals surface area contributed by atoms with Gasteiger partial charge in [-0.25, -0.2) is 9.37 Å². The number of thiazole rings is 1. The number of rotatable bonds is 5. The Morgan fingerprint density at radius 3 is 2.54 bits per heavy atom. The van der Waals surface area contributed by atoms with Crippen molar-refractivity contribution in [3.05, 3.63) is 76.7 Å². The molecule has 122 valence electrons. The van der Waals surface area contributed by atoms with Crippen LogP contribution in [0.3, 0.4) is 0 Å². The Kier molecular flexibility index (Phi) is 5.01. The lowest BCUT2D eigenvalue weighted by atomic mass is 10.1. The number of carbonyl (C=O) groups is 1. The van der Waals surface area contributed by atoms with Crippen molar-refractivity contribution in [3.8, 4) is 10.4 Å². The van der Waals surface area contributed by atoms with Gasteiger partial charge in [0.25, 0.3) is 0 Å². The molecule has 1 N–H and O–H groups in total. The highest BCUT2D eigenvalue weighted by Crippen LogP contribution is 2.30. The molecule has 0 bridgehead atoms. The monoisotopic (exact) mass is 340 g/mol. The molecule has 0 radical (unpaired) electrons. The summed E-state index contributed by atoms with van der Waals surface area (Å²) in [5, 5.41) is 3.66. The molecule has 3 rings (SSSR count). The molecule has 5 heteroatoms. The average molecular weight is 340 g/mol. The van der Waals surface area contributed by atoms with E-state index < -0.39 is 0 Å². The summed E-state index contributed by atoms with van der Waals surface area (Å²) in [6, 6.07) is 16.1. The molecule has 1 aromatic heterocycles. The topological polar surface area (TPSA) is 42.0 Å². The smallest absolute Gasteiger partial charge is 0.227 e. The van der Waals surface area contributed by atoms with Crippen molar-refractivity contribution >= 4 is 17.2 Å². The highest BCUT2D eigenvalue weighted by atomic mass is 32.1. The maximum Gasteiger partial charge on any atom is 0.227 e. The number of amides is 1. The van der Waals surface area contributed by atoms with Gasteiger partial charge in [-0.15, -0.1) is 11.3 Å². The molecule has 0 aliphatic carbocycles. The molecule has 0 aliphatic heterocycles. The van der Waals surface area contributed by atoms with Gasteiger partial charge >= 0.3 is 0 Å². The Bertz CT molecular complexity index is 828. The second-order valence-electron chi connectivity index (χ2n) is 5.47. The molecule has 0 spiro atoms. The van der Waals surface area contributed by atoms with Crippen molar-refractivity contribution in [1.29, 1.82) is 0 Å². The molecule has 0 fully saturated rings. The third-order valence-electron chi connectivity index (χ3n) is 3.59. The maximum absolute atomic E-state index is 13.0. The van der Waals surface area contributed by atoms with Crippen molar-refractivity contribution in [2.24, 2.45) is 0 Å². The van der Waals surface area contributed by atoms with Crippen LogP contribution < -0.4 is 5.32 Å². The van der Waals surface area contributed by atoms with Gasteiger partial charge in [0.1, 0.15) is 10.8 Å². The first-order valence-corrected chi connectivity index (χ1v) is 8.46. The van der Waals surface area contributed by atoms with Crippen LogP contribution in [0.4, 0.5) is 4.39 Å². The fourth-order valence-corrected chi connectivity index (χ4v) is 3.46. The number of nitrogens with zero attached hydrogens (tertiary/aromatic N) is 1. The van der Waals surface area contributed by atoms with Gasteiger partial charge in [-0.1, -0.05) is 42.5 Å². The molecule has 0 saturated carbocycles. The Balaban J connectivity index is 1.64. The van der Waals surface area contributed by atoms with Gasteiger partial charge in [0.05, 0.1) is 17.0 Å². The lowest BCUT2D eigenvalue weighted by molar-refractivity contribution is -0.120. The number of carbonyl (C=O) groups excluding carboxylic acids is 1. The van der Waals surface area contributed by atoms with E-state index >= 15 is 0 Å². The number of aromatic nitrogens is 1. The SMILES string of the molecule is Cc1nc(CC(=O)NCc2ccccc2)sc1-c1ccc(F)cc1. The van der Waals surface area contributed by atoms with Gasteiger partial charge in [-0.3, -0.25) is 4.79 Å². The molecule has 3 aromatic rings. The van der Waals surface area contributed by atoms with E-state index in [0.717, 1.165) is 26.7 Å². The van der Waals surface area contributed by atoms with E-state index in [1.807, 2.05) is 37.3 Å². The first kappa shape index (κ1) is 16.3. The zero-order chi connectivity index (χ0) is 16.9. The predicted octanol–water partition coefficient (Wildman–Crippen LogP) is 4.12. The third-order valence-corrected chi connectivity index (χ3v) is 4.80. The van der Waals surface area contributed by atoms with Gasteiger partial charge in [0.15, 0.2) is 0 Å². The number of nitrogens with one attached hydrogen (secondary N) is 1. The summed E-state index contributed by atoms with van der Waals surface area (Å²) >= 11 is 1.47. The van der Waals surface area contributed by atoms with Crippen LogP contribution in [-0.4, -0.2) is 10.9 Å². The van der Waals surface area contributed by atoms with E-state index in [9.17, 15) is 9.18 Å². The van der Waals surface area contributed by atoms with E-state index in [1.165, 1.54) is 23.5 Å². The minimum atomic E-state index is -0.263. The predicted molar refractivity (Wildman–Crippen MR) is 94.2 cm³/mol. The minimum Gasteiger partial charge on any atom is -0.352 e. The van der Waals surface area contributed by atoms with E-state index in [0.29, 0.717) is 6.54 Å². The Hall–Kier alpha value is -2.53. The van der Waals surface area contributed by atoms with Crippen LogP contribution in [0.1, 0.15) is 16.3 Å². The molecule has 24 heavy (non-hydrogen) atoms. The molecule has 3 nitrogen and oxygen atoms in total. The van der Waals surface area contributed by atoms with Gasteiger partial charge in [0.2, 0.25) is 5.91 Å². The van der Waals surface area contributed by atoms with Crippen molar-refractivity contribution in [2.45, 2.75) is 19.9 Å². The second-order valence-corrected chi connectivity index (χ2v) is 6.55. The average Bonchev–Trinajstić information content (AvgIpc) is 2.95. The van der Waals surface area contributed by atoms with Gasteiger partial charge in [0, 0.05) is 6.54 Å². The summed E-state index contributed by atoms with van der Waals surface area (Å²) in [6.45, 7) is 2.41. The normalized spacial score (nSPS) is 10.6. The van der Waals surface area contributed by atoms with E-state index in [2.05, 4.69) is 10.3 Å². The van der Waals surface area contributed by atoms with Crippen LogP contribution in [0, 0.1) is 12.7 Å². The van der Waals surface area contributed by atoms with Crippen molar-refractivity contribution in [2.75, 3.05) is 0 Å². The molecule has 0 atom stereocenters. The molecular weight excluding hydrogens is 323 g/mol. The molecule has 0 unspecified atom stereocenters. The summed E-state index contributed by atoms with van der Waals surface area (Å²) in [6.07, 6.45) is 0.250. The molecule has 0 aliphatic rings. The van der Waals surface area contributed by atoms with E-state index in [-0.39, 0.29) is 18.1 Å². The van der Waals surface area contributed by atoms with E-state index in [1.54, 1.807) is 12.1 Å². The Labute approximate surface area is 144 Å². The van der Waals surface area contributed by atoms with Crippen LogP contribution in [-0.2, 0) is 17.8 Å². The quantitative estimate of drug-likeness (QED) is 0.759. The number of benzene rings is 2. The fraction of sp³-hybridized carbons (Fsp3) is 0.158. The van der Waals surface area contributed by atoms with Crippen molar-refractivity contribution in [1.82, 2.24) is 10.3 Å². The summed E-state index contributed by atoms with van der Waals surface area (Å²) in [5.41, 5.74) is 2.84. The highest BCUT2D eigenvalue weighted by Gasteiger charge is 2.12. The van der Waals surface area contributed by atoms with Crippen molar-refractivity contribution < 1.29 is 9.18 Å². The molecule has 1 amide bonds. The van der Waals surface area contributed by atoms with Gasteiger partial charge in [-0.05, 0) is 30.2 Å². The highest BCUT2D eigenvalue weighted by molar-refractivity contribution is 7.15. The summed E-state index contributed by atoms with van der Waals surface area (Å²) in [7, 11) is 0.